The van der Waals surface area contributed by atoms with E-state index in [-0.39, 0.29) is 23.1 Å². The minimum absolute atomic E-state index is 0.0807. The van der Waals surface area contributed by atoms with Crippen molar-refractivity contribution in [1.82, 2.24) is 9.13 Å². The zero-order valence-electron chi connectivity index (χ0n) is 27.1. The van der Waals surface area contributed by atoms with E-state index in [9.17, 15) is 14.7 Å². The number of benzene rings is 4. The number of rotatable bonds is 10. The molecule has 4 aromatic carbocycles. The summed E-state index contributed by atoms with van der Waals surface area (Å²) < 4.78 is 47.7. The maximum Gasteiger partial charge on any atom is 0.318 e. The lowest BCUT2D eigenvalue weighted by molar-refractivity contribution is -0.137. The molecule has 1 N–H and O–H groups in total. The molecule has 252 valence electrons. The maximum absolute atomic E-state index is 16.0. The van der Waals surface area contributed by atoms with E-state index >= 15 is 8.78 Å². The first-order valence-electron chi connectivity index (χ1n) is 15.5. The number of halogens is 4. The lowest BCUT2D eigenvalue weighted by Gasteiger charge is -2.14. The van der Waals surface area contributed by atoms with Crippen LogP contribution in [0.1, 0.15) is 46.5 Å². The van der Waals surface area contributed by atoms with Crippen LogP contribution in [0.4, 0.5) is 8.78 Å². The van der Waals surface area contributed by atoms with Gasteiger partial charge in [0.2, 0.25) is 0 Å². The van der Waals surface area contributed by atoms with E-state index in [4.69, 9.17) is 9.47 Å². The third-order valence-corrected chi connectivity index (χ3v) is 10.0. The van der Waals surface area contributed by atoms with Crippen LogP contribution in [0, 0.1) is 25.5 Å². The summed E-state index contributed by atoms with van der Waals surface area (Å²) in [4.78, 5) is 25.7. The summed E-state index contributed by atoms with van der Waals surface area (Å²) in [6.45, 7) is 6.09. The number of carboxylic acid groups (broad SMARTS) is 1. The van der Waals surface area contributed by atoms with Crippen molar-refractivity contribution in [3.63, 3.8) is 0 Å². The van der Waals surface area contributed by atoms with Gasteiger partial charge in [0, 0.05) is 55.8 Å². The summed E-state index contributed by atoms with van der Waals surface area (Å²) >= 11 is 6.89. The Labute approximate surface area is 298 Å². The Morgan fingerprint density at radius 3 is 1.96 bits per heavy atom. The second kappa shape index (κ2) is 13.8. The summed E-state index contributed by atoms with van der Waals surface area (Å²) in [7, 11) is 1.19. The van der Waals surface area contributed by atoms with Gasteiger partial charge < -0.3 is 23.7 Å². The second-order valence-electron chi connectivity index (χ2n) is 12.0. The number of carboxylic acids is 1. The molecule has 1 atom stereocenters. The lowest BCUT2D eigenvalue weighted by atomic mass is 9.97. The number of aromatic nitrogens is 2. The van der Waals surface area contributed by atoms with E-state index in [1.807, 2.05) is 66.1 Å². The summed E-state index contributed by atoms with van der Waals surface area (Å²) in [5, 5.41) is 10.5. The molecule has 0 saturated heterocycles. The highest BCUT2D eigenvalue weighted by atomic mass is 79.9. The van der Waals surface area contributed by atoms with E-state index in [2.05, 4.69) is 31.9 Å². The standard InChI is InChI=1S/C38H32Br2F2N2O5/c1-20(34-22(3)44(19-24-7-11-26(40)12-8-24)32-17-30(41)37(48-4)36(42)35(32)34)38(47)49-27-13-14-31-29(15-27)28(16-33(45)46)21(2)43(31)18-23-5-9-25(39)10-6-23/h5-15,17,20H,16,18-19H2,1-4H3,(H,45,46). The Morgan fingerprint density at radius 2 is 1.41 bits per heavy atom. The summed E-state index contributed by atoms with van der Waals surface area (Å²) in [6.07, 6.45) is -0.210. The van der Waals surface area contributed by atoms with Crippen LogP contribution in [0.5, 0.6) is 11.5 Å². The number of methoxy groups -OCH3 is 1. The predicted molar refractivity (Wildman–Crippen MR) is 192 cm³/mol. The zero-order chi connectivity index (χ0) is 35.1. The van der Waals surface area contributed by atoms with Crippen LogP contribution in [0.2, 0.25) is 0 Å². The predicted octanol–water partition coefficient (Wildman–Crippen LogP) is 9.46. The average Bonchev–Trinajstić information content (AvgIpc) is 3.47. The fraction of sp³-hybridized carbons (Fsp3) is 0.211. The third-order valence-electron chi connectivity index (χ3n) is 8.98. The number of aliphatic carboxylic acids is 1. The number of carbonyl (C=O) groups excluding carboxylic acids is 1. The highest BCUT2D eigenvalue weighted by Gasteiger charge is 2.30. The molecular formula is C38H32Br2F2N2O5. The number of fused-ring (bicyclic) bond motifs is 2. The first-order valence-corrected chi connectivity index (χ1v) is 17.0. The van der Waals surface area contributed by atoms with Crippen molar-refractivity contribution in [2.75, 3.05) is 7.11 Å². The van der Waals surface area contributed by atoms with E-state index in [0.717, 1.165) is 31.3 Å². The molecule has 0 radical (unpaired) electrons. The average molecular weight is 794 g/mol. The summed E-state index contributed by atoms with van der Waals surface area (Å²) in [6, 6.07) is 21.8. The highest BCUT2D eigenvalue weighted by Crippen LogP contribution is 2.40. The summed E-state index contributed by atoms with van der Waals surface area (Å²) in [5.41, 5.74) is 5.37. The molecule has 2 heterocycles. The highest BCUT2D eigenvalue weighted by molar-refractivity contribution is 9.10. The van der Waals surface area contributed by atoms with Crippen LogP contribution in [0.15, 0.2) is 81.7 Å². The Balaban J connectivity index is 1.39. The number of ether oxygens (including phenoxy) is 2. The van der Waals surface area contributed by atoms with E-state index < -0.39 is 35.2 Å². The Bertz CT molecular complexity index is 2240. The summed E-state index contributed by atoms with van der Waals surface area (Å²) in [5.74, 6) is -4.66. The number of hydrogen-bond acceptors (Lipinski definition) is 4. The lowest BCUT2D eigenvalue weighted by Crippen LogP contribution is -2.17. The van der Waals surface area contributed by atoms with Crippen molar-refractivity contribution in [3.8, 4) is 11.5 Å². The maximum atomic E-state index is 16.0. The SMILES string of the molecule is COc1c(F)cc2c(c1F)c(C(C)C(=O)Oc1ccc3c(c1)c(CC(=O)O)c(C)n3Cc1ccc(Br)cc1)c(C)n2Cc1ccc(Br)cc1. The molecule has 0 aliphatic rings. The van der Waals surface area contributed by atoms with Gasteiger partial charge in [0.15, 0.2) is 17.4 Å². The van der Waals surface area contributed by atoms with Crippen LogP contribution < -0.4 is 9.47 Å². The molecule has 0 saturated carbocycles. The smallest absolute Gasteiger partial charge is 0.318 e. The van der Waals surface area contributed by atoms with Crippen molar-refractivity contribution in [2.45, 2.75) is 46.2 Å². The molecule has 0 bridgehead atoms. The molecule has 0 fully saturated rings. The number of carbonyl (C=O) groups is 2. The van der Waals surface area contributed by atoms with Gasteiger partial charge in [-0.25, -0.2) is 8.78 Å². The molecule has 0 aliphatic carbocycles. The van der Waals surface area contributed by atoms with Crippen LogP contribution in [-0.4, -0.2) is 33.3 Å². The number of esters is 1. The van der Waals surface area contributed by atoms with E-state index in [1.165, 1.54) is 13.2 Å². The number of nitrogens with zero attached hydrogens (tertiary/aromatic N) is 2. The molecule has 11 heteroatoms. The monoisotopic (exact) mass is 792 g/mol. The largest absolute Gasteiger partial charge is 0.491 e. The topological polar surface area (TPSA) is 82.7 Å². The molecule has 6 aromatic rings. The first kappa shape index (κ1) is 34.4. The van der Waals surface area contributed by atoms with Gasteiger partial charge in [-0.1, -0.05) is 56.1 Å². The van der Waals surface area contributed by atoms with Gasteiger partial charge in [-0.15, -0.1) is 0 Å². The van der Waals surface area contributed by atoms with E-state index in [0.29, 0.717) is 35.3 Å². The second-order valence-corrected chi connectivity index (χ2v) is 13.8. The van der Waals surface area contributed by atoms with E-state index in [1.54, 1.807) is 30.5 Å². The Kier molecular flexibility index (Phi) is 9.68. The van der Waals surface area contributed by atoms with Gasteiger partial charge in [0.25, 0.3) is 0 Å². The van der Waals surface area contributed by atoms with Crippen molar-refractivity contribution in [1.29, 1.82) is 0 Å². The molecular weight excluding hydrogens is 762 g/mol. The van der Waals surface area contributed by atoms with Crippen molar-refractivity contribution in [3.05, 3.63) is 127 Å². The van der Waals surface area contributed by atoms with Crippen LogP contribution in [0.25, 0.3) is 21.8 Å². The van der Waals surface area contributed by atoms with Gasteiger partial charge in [-0.2, -0.15) is 0 Å². The minimum atomic E-state index is -0.981. The molecule has 0 amide bonds. The van der Waals surface area contributed by atoms with Gasteiger partial charge >= 0.3 is 11.9 Å². The normalized spacial score (nSPS) is 12.1. The molecule has 7 nitrogen and oxygen atoms in total. The molecule has 2 aromatic heterocycles. The van der Waals surface area contributed by atoms with Gasteiger partial charge in [-0.05, 0) is 85.5 Å². The van der Waals surface area contributed by atoms with Gasteiger partial charge in [0.05, 0.1) is 25.0 Å². The molecule has 49 heavy (non-hydrogen) atoms. The first-order chi connectivity index (χ1) is 23.4. The number of hydrogen-bond donors (Lipinski definition) is 1. The molecule has 1 unspecified atom stereocenters. The molecule has 6 rings (SSSR count). The zero-order valence-corrected chi connectivity index (χ0v) is 30.3. The Morgan fingerprint density at radius 1 is 0.837 bits per heavy atom. The van der Waals surface area contributed by atoms with Crippen molar-refractivity contribution >= 4 is 65.6 Å². The fourth-order valence-electron chi connectivity index (χ4n) is 6.52. The van der Waals surface area contributed by atoms with Crippen LogP contribution in [-0.2, 0) is 29.1 Å². The third kappa shape index (κ3) is 6.61. The van der Waals surface area contributed by atoms with Crippen LogP contribution in [0.3, 0.4) is 0 Å². The molecule has 0 spiro atoms. The minimum Gasteiger partial charge on any atom is -0.491 e. The molecule has 0 aliphatic heterocycles. The van der Waals surface area contributed by atoms with Crippen molar-refractivity contribution in [2.24, 2.45) is 0 Å². The van der Waals surface area contributed by atoms with Crippen LogP contribution >= 0.6 is 31.9 Å². The van der Waals surface area contributed by atoms with Gasteiger partial charge in [0.1, 0.15) is 5.75 Å². The van der Waals surface area contributed by atoms with Gasteiger partial charge in [-0.3, -0.25) is 9.59 Å². The van der Waals surface area contributed by atoms with Crippen molar-refractivity contribution < 1.29 is 33.0 Å². The quantitative estimate of drug-likeness (QED) is 0.110. The Hall–Kier alpha value is -4.48. The fourth-order valence-corrected chi connectivity index (χ4v) is 7.05.